The molecule has 1 aromatic heterocycles. The molecule has 1 heterocycles. The number of ether oxygens (including phenoxy) is 2. The number of guanidine groups is 1. The summed E-state index contributed by atoms with van der Waals surface area (Å²) in [5.74, 6) is 2.27. The highest BCUT2D eigenvalue weighted by atomic mass is 127. The summed E-state index contributed by atoms with van der Waals surface area (Å²) in [6.45, 7) is 14.1. The van der Waals surface area contributed by atoms with Crippen molar-refractivity contribution in [3.05, 3.63) is 23.0 Å². The largest absolute Gasteiger partial charge is 0.496 e. The van der Waals surface area contributed by atoms with Gasteiger partial charge in [-0.2, -0.15) is 0 Å². The van der Waals surface area contributed by atoms with Gasteiger partial charge in [0.15, 0.2) is 5.96 Å². The molecule has 2 N–H and O–H groups in total. The predicted octanol–water partition coefficient (Wildman–Crippen LogP) is 3.44. The van der Waals surface area contributed by atoms with Crippen LogP contribution in [-0.2, 0) is 11.3 Å². The molecule has 0 saturated carbocycles. The van der Waals surface area contributed by atoms with Gasteiger partial charge in [-0.3, -0.25) is 4.98 Å². The van der Waals surface area contributed by atoms with Gasteiger partial charge >= 0.3 is 0 Å². The topological polar surface area (TPSA) is 67.8 Å². The van der Waals surface area contributed by atoms with Gasteiger partial charge in [0.2, 0.25) is 0 Å². The third-order valence-electron chi connectivity index (χ3n) is 3.69. The second kappa shape index (κ2) is 14.0. The van der Waals surface area contributed by atoms with E-state index in [-0.39, 0.29) is 24.0 Å². The van der Waals surface area contributed by atoms with Crippen LogP contribution >= 0.6 is 24.0 Å². The normalized spacial score (nSPS) is 11.3. The number of methoxy groups -OCH3 is 1. The monoisotopic (exact) mass is 478 g/mol. The number of aliphatic imine (C=N–C) groups is 1. The van der Waals surface area contributed by atoms with Crippen molar-refractivity contribution in [1.82, 2.24) is 15.6 Å². The third kappa shape index (κ3) is 9.02. The van der Waals surface area contributed by atoms with Gasteiger partial charge in [0.1, 0.15) is 5.75 Å². The first-order chi connectivity index (χ1) is 12.0. The molecule has 0 unspecified atom stereocenters. The van der Waals surface area contributed by atoms with E-state index in [2.05, 4.69) is 41.4 Å². The number of hydrogen-bond acceptors (Lipinski definition) is 4. The number of rotatable bonds is 10. The molecule has 0 aliphatic rings. The van der Waals surface area contributed by atoms with E-state index < -0.39 is 0 Å². The van der Waals surface area contributed by atoms with Crippen molar-refractivity contribution in [2.24, 2.45) is 10.9 Å². The Labute approximate surface area is 175 Å². The number of pyridine rings is 1. The lowest BCUT2D eigenvalue weighted by Crippen LogP contribution is -2.38. The maximum absolute atomic E-state index is 5.59. The van der Waals surface area contributed by atoms with Crippen LogP contribution in [0.2, 0.25) is 0 Å². The lowest BCUT2D eigenvalue weighted by molar-refractivity contribution is 0.108. The Hall–Kier alpha value is -1.09. The van der Waals surface area contributed by atoms with E-state index in [9.17, 15) is 0 Å². The minimum absolute atomic E-state index is 0. The molecule has 0 aliphatic carbocycles. The summed E-state index contributed by atoms with van der Waals surface area (Å²) >= 11 is 0. The van der Waals surface area contributed by atoms with Crippen LogP contribution in [0.1, 0.15) is 44.0 Å². The Bertz CT molecular complexity index is 551. The Morgan fingerprint density at radius 3 is 2.62 bits per heavy atom. The van der Waals surface area contributed by atoms with E-state index >= 15 is 0 Å². The SMILES string of the molecule is CCNC(=NCc1ncc(C)c(OC)c1C)NCCCOCC(C)C.I. The molecular weight excluding hydrogens is 443 g/mol. The molecule has 0 fully saturated rings. The summed E-state index contributed by atoms with van der Waals surface area (Å²) in [6, 6.07) is 0. The van der Waals surface area contributed by atoms with Crippen LogP contribution in [-0.4, -0.2) is 44.4 Å². The predicted molar refractivity (Wildman–Crippen MR) is 119 cm³/mol. The Balaban J connectivity index is 0.00000625. The Morgan fingerprint density at radius 2 is 2.00 bits per heavy atom. The molecule has 150 valence electrons. The van der Waals surface area contributed by atoms with Gasteiger partial charge in [-0.15, -0.1) is 24.0 Å². The molecule has 0 radical (unpaired) electrons. The van der Waals surface area contributed by atoms with E-state index in [1.54, 1.807) is 7.11 Å². The summed E-state index contributed by atoms with van der Waals surface area (Å²) in [6.07, 6.45) is 2.79. The zero-order chi connectivity index (χ0) is 18.7. The van der Waals surface area contributed by atoms with Gasteiger partial charge in [0, 0.05) is 43.6 Å². The summed E-state index contributed by atoms with van der Waals surface area (Å²) < 4.78 is 11.1. The lowest BCUT2D eigenvalue weighted by Gasteiger charge is -2.13. The maximum atomic E-state index is 5.59. The van der Waals surface area contributed by atoms with Crippen molar-refractivity contribution in [3.63, 3.8) is 0 Å². The molecule has 0 spiro atoms. The lowest BCUT2D eigenvalue weighted by atomic mass is 10.1. The van der Waals surface area contributed by atoms with Crippen molar-refractivity contribution in [3.8, 4) is 5.75 Å². The number of aromatic nitrogens is 1. The summed E-state index contributed by atoms with van der Waals surface area (Å²) in [4.78, 5) is 9.12. The highest BCUT2D eigenvalue weighted by Gasteiger charge is 2.09. The van der Waals surface area contributed by atoms with E-state index in [1.807, 2.05) is 20.0 Å². The van der Waals surface area contributed by atoms with E-state index in [4.69, 9.17) is 9.47 Å². The molecule has 1 aromatic rings. The van der Waals surface area contributed by atoms with Crippen LogP contribution in [0.3, 0.4) is 0 Å². The molecule has 0 aliphatic heterocycles. The number of nitrogens with one attached hydrogen (secondary N) is 2. The second-order valence-electron chi connectivity index (χ2n) is 6.49. The number of halogens is 1. The molecular formula is C19H35IN4O2. The van der Waals surface area contributed by atoms with Crippen molar-refractivity contribution in [2.75, 3.05) is 33.4 Å². The fourth-order valence-electron chi connectivity index (χ4n) is 2.43. The number of hydrogen-bond donors (Lipinski definition) is 2. The van der Waals surface area contributed by atoms with Crippen LogP contribution in [0.15, 0.2) is 11.2 Å². The van der Waals surface area contributed by atoms with Crippen LogP contribution in [0, 0.1) is 19.8 Å². The van der Waals surface area contributed by atoms with Gasteiger partial charge in [-0.05, 0) is 33.1 Å². The van der Waals surface area contributed by atoms with Crippen molar-refractivity contribution in [1.29, 1.82) is 0 Å². The minimum Gasteiger partial charge on any atom is -0.496 e. The third-order valence-corrected chi connectivity index (χ3v) is 3.69. The Morgan fingerprint density at radius 1 is 1.27 bits per heavy atom. The average molecular weight is 478 g/mol. The van der Waals surface area contributed by atoms with E-state index in [0.29, 0.717) is 12.5 Å². The first-order valence-corrected chi connectivity index (χ1v) is 9.08. The maximum Gasteiger partial charge on any atom is 0.191 e. The van der Waals surface area contributed by atoms with E-state index in [1.165, 1.54) is 0 Å². The van der Waals surface area contributed by atoms with Crippen LogP contribution in [0.25, 0.3) is 0 Å². The van der Waals surface area contributed by atoms with Gasteiger partial charge in [0.25, 0.3) is 0 Å². The van der Waals surface area contributed by atoms with Crippen molar-refractivity contribution < 1.29 is 9.47 Å². The molecule has 26 heavy (non-hydrogen) atoms. The van der Waals surface area contributed by atoms with Crippen LogP contribution < -0.4 is 15.4 Å². The van der Waals surface area contributed by atoms with Crippen LogP contribution in [0.5, 0.6) is 5.75 Å². The van der Waals surface area contributed by atoms with Crippen molar-refractivity contribution >= 4 is 29.9 Å². The summed E-state index contributed by atoms with van der Waals surface area (Å²) in [5.41, 5.74) is 3.02. The molecule has 0 atom stereocenters. The fourth-order valence-corrected chi connectivity index (χ4v) is 2.43. The van der Waals surface area contributed by atoms with Crippen LogP contribution in [0.4, 0.5) is 0 Å². The first-order valence-electron chi connectivity index (χ1n) is 9.08. The Kier molecular flexibility index (Phi) is 13.4. The van der Waals surface area contributed by atoms with Gasteiger partial charge in [-0.1, -0.05) is 13.8 Å². The summed E-state index contributed by atoms with van der Waals surface area (Å²) in [5, 5.41) is 6.60. The minimum atomic E-state index is 0. The quantitative estimate of drug-likeness (QED) is 0.234. The fraction of sp³-hybridized carbons (Fsp3) is 0.684. The molecule has 0 saturated heterocycles. The highest BCUT2D eigenvalue weighted by molar-refractivity contribution is 14.0. The second-order valence-corrected chi connectivity index (χ2v) is 6.49. The van der Waals surface area contributed by atoms with Gasteiger partial charge in [-0.25, -0.2) is 4.99 Å². The van der Waals surface area contributed by atoms with Crippen molar-refractivity contribution in [2.45, 2.75) is 47.6 Å². The smallest absolute Gasteiger partial charge is 0.191 e. The molecule has 0 amide bonds. The number of nitrogens with zero attached hydrogens (tertiary/aromatic N) is 2. The van der Waals surface area contributed by atoms with E-state index in [0.717, 1.165) is 61.3 Å². The molecule has 0 bridgehead atoms. The number of aryl methyl sites for hydroxylation is 1. The molecule has 7 heteroatoms. The zero-order valence-electron chi connectivity index (χ0n) is 17.0. The van der Waals surface area contributed by atoms with Gasteiger partial charge in [0.05, 0.1) is 19.3 Å². The zero-order valence-corrected chi connectivity index (χ0v) is 19.3. The summed E-state index contributed by atoms with van der Waals surface area (Å²) in [7, 11) is 1.69. The van der Waals surface area contributed by atoms with Gasteiger partial charge < -0.3 is 20.1 Å². The average Bonchev–Trinajstić information content (AvgIpc) is 2.57. The first kappa shape index (κ1) is 24.9. The molecule has 1 rings (SSSR count). The highest BCUT2D eigenvalue weighted by Crippen LogP contribution is 2.24. The standard InChI is InChI=1S/C19H34N4O2.HI/c1-7-20-19(21-9-8-10-25-13-14(2)3)23-12-17-16(5)18(24-6)15(4)11-22-17;/h11,14H,7-10,12-13H2,1-6H3,(H2,20,21,23);1H. The molecule has 6 nitrogen and oxygen atoms in total. The molecule has 0 aromatic carbocycles.